The van der Waals surface area contributed by atoms with Crippen LogP contribution in [0.5, 0.6) is 0 Å². The Morgan fingerprint density at radius 3 is 2.87 bits per heavy atom. The van der Waals surface area contributed by atoms with Crippen LogP contribution in [0.25, 0.3) is 0 Å². The highest BCUT2D eigenvalue weighted by Gasteiger charge is 2.28. The average Bonchev–Trinajstić information content (AvgIpc) is 2.23. The molecule has 0 fully saturated rings. The molecule has 15 heavy (non-hydrogen) atoms. The van der Waals surface area contributed by atoms with Crippen molar-refractivity contribution in [3.8, 4) is 6.07 Å². The van der Waals surface area contributed by atoms with Gasteiger partial charge in [-0.3, -0.25) is 0 Å². The number of cyclic esters (lactones) is 1. The van der Waals surface area contributed by atoms with Crippen LogP contribution in [0.3, 0.4) is 0 Å². The molecule has 1 aliphatic heterocycles. The van der Waals surface area contributed by atoms with Crippen LogP contribution in [0.15, 0.2) is 12.1 Å². The highest BCUT2D eigenvalue weighted by molar-refractivity contribution is 6.42. The van der Waals surface area contributed by atoms with Gasteiger partial charge in [-0.05, 0) is 17.7 Å². The van der Waals surface area contributed by atoms with E-state index in [1.807, 2.05) is 6.07 Å². The van der Waals surface area contributed by atoms with Crippen molar-refractivity contribution in [2.75, 3.05) is 0 Å². The Labute approximate surface area is 96.2 Å². The van der Waals surface area contributed by atoms with Crippen LogP contribution >= 0.6 is 23.2 Å². The van der Waals surface area contributed by atoms with Gasteiger partial charge in [0.05, 0.1) is 15.6 Å². The molecule has 1 aliphatic rings. The number of hydrogen-bond donors (Lipinski definition) is 0. The maximum absolute atomic E-state index is 11.4. The summed E-state index contributed by atoms with van der Waals surface area (Å²) in [5.41, 5.74) is 0.975. The van der Waals surface area contributed by atoms with Gasteiger partial charge in [-0.1, -0.05) is 23.2 Å². The number of halogens is 2. The summed E-state index contributed by atoms with van der Waals surface area (Å²) < 4.78 is 4.86. The maximum Gasteiger partial charge on any atom is 0.339 e. The summed E-state index contributed by atoms with van der Waals surface area (Å²) in [4.78, 5) is 11.4. The van der Waals surface area contributed by atoms with Gasteiger partial charge in [-0.15, -0.1) is 0 Å². The first-order valence-electron chi connectivity index (χ1n) is 4.21. The van der Waals surface area contributed by atoms with Crippen molar-refractivity contribution < 1.29 is 9.53 Å². The van der Waals surface area contributed by atoms with Gasteiger partial charge in [-0.2, -0.15) is 5.26 Å². The van der Waals surface area contributed by atoms with E-state index in [2.05, 4.69) is 0 Å². The van der Waals surface area contributed by atoms with E-state index in [-0.39, 0.29) is 6.42 Å². The lowest BCUT2D eigenvalue weighted by Gasteiger charge is -2.20. The Bertz CT molecular complexity index is 479. The van der Waals surface area contributed by atoms with Crippen molar-refractivity contribution in [3.63, 3.8) is 0 Å². The maximum atomic E-state index is 11.4. The standard InChI is InChI=1S/C10H5Cl2NO2/c11-8-2-1-6-7(9(8)12)3-5(4-13)15-10(6)14/h1-2,5H,3H2. The summed E-state index contributed by atoms with van der Waals surface area (Å²) in [6.07, 6.45) is -0.488. The summed E-state index contributed by atoms with van der Waals surface area (Å²) >= 11 is 11.8. The van der Waals surface area contributed by atoms with Gasteiger partial charge in [-0.25, -0.2) is 4.79 Å². The van der Waals surface area contributed by atoms with E-state index in [4.69, 9.17) is 33.2 Å². The minimum Gasteiger partial charge on any atom is -0.443 e. The molecule has 0 radical (unpaired) electrons. The van der Waals surface area contributed by atoms with Crippen LogP contribution in [-0.2, 0) is 11.2 Å². The summed E-state index contributed by atoms with van der Waals surface area (Å²) in [5, 5.41) is 9.39. The molecule has 1 aromatic rings. The molecule has 3 nitrogen and oxygen atoms in total. The minimum absolute atomic E-state index is 0.289. The fourth-order valence-electron chi connectivity index (χ4n) is 1.48. The van der Waals surface area contributed by atoms with Gasteiger partial charge in [0.2, 0.25) is 0 Å². The molecule has 2 rings (SSSR count). The number of benzene rings is 1. The largest absolute Gasteiger partial charge is 0.443 e. The number of fused-ring (bicyclic) bond motifs is 1. The highest BCUT2D eigenvalue weighted by Crippen LogP contribution is 2.32. The summed E-state index contributed by atoms with van der Waals surface area (Å²) in [6.45, 7) is 0. The van der Waals surface area contributed by atoms with Crippen LogP contribution in [-0.4, -0.2) is 12.1 Å². The second-order valence-corrected chi connectivity index (χ2v) is 3.90. The van der Waals surface area contributed by atoms with Crippen LogP contribution in [0.2, 0.25) is 10.0 Å². The fraction of sp³-hybridized carbons (Fsp3) is 0.200. The number of ether oxygens (including phenoxy) is 1. The van der Waals surface area contributed by atoms with Gasteiger partial charge < -0.3 is 4.74 Å². The molecule has 5 heteroatoms. The first kappa shape index (κ1) is 10.3. The van der Waals surface area contributed by atoms with E-state index in [1.165, 1.54) is 6.07 Å². The highest BCUT2D eigenvalue weighted by atomic mass is 35.5. The predicted molar refractivity (Wildman–Crippen MR) is 55.0 cm³/mol. The first-order valence-corrected chi connectivity index (χ1v) is 4.96. The Morgan fingerprint density at radius 1 is 1.47 bits per heavy atom. The van der Waals surface area contributed by atoms with Gasteiger partial charge in [0.25, 0.3) is 0 Å². The molecule has 0 aliphatic carbocycles. The predicted octanol–water partition coefficient (Wildman–Crippen LogP) is 2.60. The monoisotopic (exact) mass is 241 g/mol. The lowest BCUT2D eigenvalue weighted by molar-refractivity contribution is 0.0371. The summed E-state index contributed by atoms with van der Waals surface area (Å²) in [7, 11) is 0. The third-order valence-corrected chi connectivity index (χ3v) is 3.04. The third-order valence-electron chi connectivity index (χ3n) is 2.20. The number of nitrogens with zero attached hydrogens (tertiary/aromatic N) is 1. The normalized spacial score (nSPS) is 19.0. The quantitative estimate of drug-likeness (QED) is 0.657. The molecular weight excluding hydrogens is 237 g/mol. The number of carbonyl (C=O) groups is 1. The van der Waals surface area contributed by atoms with Crippen molar-refractivity contribution in [3.05, 3.63) is 33.3 Å². The zero-order chi connectivity index (χ0) is 11.0. The van der Waals surface area contributed by atoms with Gasteiger partial charge in [0, 0.05) is 6.42 Å². The number of nitriles is 1. The van der Waals surface area contributed by atoms with Crippen molar-refractivity contribution in [1.82, 2.24) is 0 Å². The Balaban J connectivity index is 2.57. The Morgan fingerprint density at radius 2 is 2.20 bits per heavy atom. The van der Waals surface area contributed by atoms with Crippen LogP contribution in [0.1, 0.15) is 15.9 Å². The summed E-state index contributed by atoms with van der Waals surface area (Å²) in [6, 6.07) is 4.97. The van der Waals surface area contributed by atoms with E-state index in [9.17, 15) is 4.79 Å². The third kappa shape index (κ3) is 1.67. The topological polar surface area (TPSA) is 50.1 Å². The number of carbonyl (C=O) groups excluding carboxylic acids is 1. The molecule has 0 saturated heterocycles. The van der Waals surface area contributed by atoms with Gasteiger partial charge >= 0.3 is 5.97 Å². The molecule has 1 unspecified atom stereocenters. The molecule has 0 aromatic heterocycles. The van der Waals surface area contributed by atoms with Crippen molar-refractivity contribution in [2.24, 2.45) is 0 Å². The second kappa shape index (κ2) is 3.73. The zero-order valence-electron chi connectivity index (χ0n) is 7.46. The number of rotatable bonds is 0. The van der Waals surface area contributed by atoms with E-state index in [0.29, 0.717) is 21.2 Å². The van der Waals surface area contributed by atoms with Crippen molar-refractivity contribution in [1.29, 1.82) is 5.26 Å². The summed E-state index contributed by atoms with van der Waals surface area (Å²) in [5.74, 6) is -0.527. The van der Waals surface area contributed by atoms with Crippen molar-refractivity contribution >= 4 is 29.2 Å². The lowest BCUT2D eigenvalue weighted by Crippen LogP contribution is -2.26. The minimum atomic E-state index is -0.777. The molecule has 0 bridgehead atoms. The van der Waals surface area contributed by atoms with Crippen LogP contribution in [0.4, 0.5) is 0 Å². The number of esters is 1. The molecular formula is C10H5Cl2NO2. The van der Waals surface area contributed by atoms with Crippen LogP contribution < -0.4 is 0 Å². The molecule has 0 saturated carbocycles. The smallest absolute Gasteiger partial charge is 0.339 e. The molecule has 1 aromatic carbocycles. The van der Waals surface area contributed by atoms with E-state index in [0.717, 1.165) is 0 Å². The second-order valence-electron chi connectivity index (χ2n) is 3.11. The van der Waals surface area contributed by atoms with E-state index in [1.54, 1.807) is 6.07 Å². The molecule has 1 heterocycles. The fourth-order valence-corrected chi connectivity index (χ4v) is 1.89. The van der Waals surface area contributed by atoms with E-state index < -0.39 is 12.1 Å². The van der Waals surface area contributed by atoms with Crippen molar-refractivity contribution in [2.45, 2.75) is 12.5 Å². The zero-order valence-corrected chi connectivity index (χ0v) is 8.97. The Kier molecular flexibility index (Phi) is 2.56. The molecule has 76 valence electrons. The first-order chi connectivity index (χ1) is 7.13. The lowest BCUT2D eigenvalue weighted by atomic mass is 9.99. The molecule has 0 amide bonds. The number of hydrogen-bond acceptors (Lipinski definition) is 3. The Hall–Kier alpha value is -1.24. The van der Waals surface area contributed by atoms with Crippen LogP contribution in [0, 0.1) is 11.3 Å². The molecule has 1 atom stereocenters. The van der Waals surface area contributed by atoms with E-state index >= 15 is 0 Å². The SMILES string of the molecule is N#CC1Cc2c(ccc(Cl)c2Cl)C(=O)O1. The van der Waals surface area contributed by atoms with Gasteiger partial charge in [0.1, 0.15) is 6.07 Å². The average molecular weight is 242 g/mol. The molecule has 0 N–H and O–H groups in total. The molecule has 0 spiro atoms. The van der Waals surface area contributed by atoms with Gasteiger partial charge in [0.15, 0.2) is 6.10 Å².